The number of anilines is 2. The van der Waals surface area contributed by atoms with Crippen molar-refractivity contribution >= 4 is 17.3 Å². The van der Waals surface area contributed by atoms with Crippen LogP contribution in [-0.4, -0.2) is 17.6 Å². The molecule has 4 heteroatoms. The zero-order valence-corrected chi connectivity index (χ0v) is 12.7. The first-order valence-electron chi connectivity index (χ1n) is 7.22. The van der Waals surface area contributed by atoms with Gasteiger partial charge in [-0.1, -0.05) is 40.0 Å². The summed E-state index contributed by atoms with van der Waals surface area (Å²) in [4.78, 5) is 10.9. The number of benzene rings is 1. The summed E-state index contributed by atoms with van der Waals surface area (Å²) in [6.07, 6.45) is 4.92. The molecule has 0 fully saturated rings. The molecule has 0 spiro atoms. The Morgan fingerprint density at radius 2 is 2.05 bits per heavy atom. The number of rotatable bonds is 8. The lowest BCUT2D eigenvalue weighted by Gasteiger charge is -2.25. The second-order valence-electron chi connectivity index (χ2n) is 6.08. The molecule has 1 rings (SSSR count). The van der Waals surface area contributed by atoms with Gasteiger partial charge in [0.15, 0.2) is 0 Å². The Labute approximate surface area is 121 Å². The van der Waals surface area contributed by atoms with Gasteiger partial charge in [0.2, 0.25) is 0 Å². The molecule has 0 aliphatic heterocycles. The number of carboxylic acids is 1. The van der Waals surface area contributed by atoms with E-state index in [9.17, 15) is 4.79 Å². The normalized spacial score (nSPS) is 11.3. The van der Waals surface area contributed by atoms with Crippen molar-refractivity contribution in [1.82, 2.24) is 0 Å². The summed E-state index contributed by atoms with van der Waals surface area (Å²) in [7, 11) is 0. The van der Waals surface area contributed by atoms with Crippen molar-refractivity contribution in [1.29, 1.82) is 0 Å². The molecule has 1 aromatic rings. The number of aromatic carboxylic acids is 1. The molecule has 4 nitrogen and oxygen atoms in total. The minimum Gasteiger partial charge on any atom is -0.478 e. The monoisotopic (exact) mass is 278 g/mol. The molecule has 0 saturated carbocycles. The molecule has 0 bridgehead atoms. The minimum absolute atomic E-state index is 0.151. The lowest BCUT2D eigenvalue weighted by molar-refractivity contribution is 0.0698. The Kier molecular flexibility index (Phi) is 5.86. The van der Waals surface area contributed by atoms with Crippen LogP contribution < -0.4 is 11.1 Å². The van der Waals surface area contributed by atoms with Gasteiger partial charge in [0, 0.05) is 17.9 Å². The van der Waals surface area contributed by atoms with Crippen molar-refractivity contribution in [2.45, 2.75) is 46.5 Å². The van der Waals surface area contributed by atoms with Gasteiger partial charge in [-0.25, -0.2) is 4.79 Å². The van der Waals surface area contributed by atoms with E-state index in [1.807, 2.05) is 0 Å². The van der Waals surface area contributed by atoms with E-state index in [0.717, 1.165) is 12.2 Å². The number of hydrogen-bond acceptors (Lipinski definition) is 3. The fourth-order valence-electron chi connectivity index (χ4n) is 2.15. The predicted molar refractivity (Wildman–Crippen MR) is 84.2 cm³/mol. The van der Waals surface area contributed by atoms with Crippen LogP contribution in [0.25, 0.3) is 0 Å². The molecule has 0 amide bonds. The lowest BCUT2D eigenvalue weighted by Crippen LogP contribution is -2.23. The molecule has 0 saturated heterocycles. The number of hydrogen-bond donors (Lipinski definition) is 3. The Bertz CT molecular complexity index is 456. The second-order valence-corrected chi connectivity index (χ2v) is 6.08. The molecule has 20 heavy (non-hydrogen) atoms. The van der Waals surface area contributed by atoms with Crippen LogP contribution in [0.5, 0.6) is 0 Å². The van der Waals surface area contributed by atoms with Gasteiger partial charge in [-0.15, -0.1) is 0 Å². The Morgan fingerprint density at radius 3 is 2.60 bits per heavy atom. The molecule has 0 aromatic heterocycles. The first kappa shape index (κ1) is 16.3. The Morgan fingerprint density at radius 1 is 1.35 bits per heavy atom. The van der Waals surface area contributed by atoms with Crippen molar-refractivity contribution in [2.75, 3.05) is 17.6 Å². The zero-order valence-electron chi connectivity index (χ0n) is 12.7. The molecular formula is C16H26N2O2. The van der Waals surface area contributed by atoms with Crippen molar-refractivity contribution in [3.63, 3.8) is 0 Å². The van der Waals surface area contributed by atoms with E-state index >= 15 is 0 Å². The molecule has 0 aliphatic carbocycles. The number of carboxylic acid groups (broad SMARTS) is 1. The summed E-state index contributed by atoms with van der Waals surface area (Å²) >= 11 is 0. The van der Waals surface area contributed by atoms with Crippen molar-refractivity contribution in [2.24, 2.45) is 5.41 Å². The standard InChI is InChI=1S/C16H26N2O2/c1-4-5-6-9-16(2,3)11-18-12-7-8-13(15(19)20)14(17)10-12/h7-8,10,18H,4-6,9,11,17H2,1-3H3,(H,19,20). The molecular weight excluding hydrogens is 252 g/mol. The fourth-order valence-corrected chi connectivity index (χ4v) is 2.15. The molecule has 112 valence electrons. The van der Waals surface area contributed by atoms with Crippen LogP contribution in [0, 0.1) is 5.41 Å². The van der Waals surface area contributed by atoms with Crippen LogP contribution in [0.2, 0.25) is 0 Å². The number of nitrogen functional groups attached to an aromatic ring is 1. The largest absolute Gasteiger partial charge is 0.478 e. The molecule has 0 aliphatic rings. The average Bonchev–Trinajstić information content (AvgIpc) is 2.36. The third-order valence-electron chi connectivity index (χ3n) is 3.51. The number of unbranched alkanes of at least 4 members (excludes halogenated alkanes) is 2. The van der Waals surface area contributed by atoms with Crippen LogP contribution in [0.15, 0.2) is 18.2 Å². The average molecular weight is 278 g/mol. The summed E-state index contributed by atoms with van der Waals surface area (Å²) in [6.45, 7) is 7.54. The van der Waals surface area contributed by atoms with E-state index in [4.69, 9.17) is 10.8 Å². The summed E-state index contributed by atoms with van der Waals surface area (Å²) < 4.78 is 0. The fraction of sp³-hybridized carbons (Fsp3) is 0.562. The summed E-state index contributed by atoms with van der Waals surface area (Å²) in [5, 5.41) is 12.3. The van der Waals surface area contributed by atoms with Gasteiger partial charge in [-0.2, -0.15) is 0 Å². The van der Waals surface area contributed by atoms with Gasteiger partial charge in [0.05, 0.1) is 5.56 Å². The van der Waals surface area contributed by atoms with Gasteiger partial charge in [0.1, 0.15) is 0 Å². The zero-order chi connectivity index (χ0) is 15.2. The first-order valence-corrected chi connectivity index (χ1v) is 7.22. The van der Waals surface area contributed by atoms with Crippen LogP contribution in [0.3, 0.4) is 0 Å². The Hall–Kier alpha value is -1.71. The molecule has 4 N–H and O–H groups in total. The molecule has 0 heterocycles. The van der Waals surface area contributed by atoms with Crippen LogP contribution >= 0.6 is 0 Å². The van der Waals surface area contributed by atoms with Crippen molar-refractivity contribution in [3.05, 3.63) is 23.8 Å². The lowest BCUT2D eigenvalue weighted by atomic mass is 9.87. The number of carbonyl (C=O) groups is 1. The van der Waals surface area contributed by atoms with E-state index in [1.54, 1.807) is 18.2 Å². The molecule has 0 radical (unpaired) electrons. The van der Waals surface area contributed by atoms with Crippen LogP contribution in [-0.2, 0) is 0 Å². The van der Waals surface area contributed by atoms with Gasteiger partial charge < -0.3 is 16.2 Å². The van der Waals surface area contributed by atoms with E-state index in [-0.39, 0.29) is 11.0 Å². The highest BCUT2D eigenvalue weighted by Crippen LogP contribution is 2.25. The summed E-state index contributed by atoms with van der Waals surface area (Å²) in [5.74, 6) is -0.992. The highest BCUT2D eigenvalue weighted by molar-refractivity contribution is 5.94. The van der Waals surface area contributed by atoms with E-state index < -0.39 is 5.97 Å². The molecule has 0 atom stereocenters. The Balaban J connectivity index is 2.57. The van der Waals surface area contributed by atoms with E-state index in [0.29, 0.717) is 5.69 Å². The summed E-state index contributed by atoms with van der Waals surface area (Å²) in [5.41, 5.74) is 7.28. The van der Waals surface area contributed by atoms with E-state index in [2.05, 4.69) is 26.1 Å². The highest BCUT2D eigenvalue weighted by atomic mass is 16.4. The quantitative estimate of drug-likeness (QED) is 0.496. The number of nitrogens with two attached hydrogens (primary N) is 1. The van der Waals surface area contributed by atoms with Crippen LogP contribution in [0.4, 0.5) is 11.4 Å². The second kappa shape index (κ2) is 7.17. The van der Waals surface area contributed by atoms with Gasteiger partial charge >= 0.3 is 5.97 Å². The van der Waals surface area contributed by atoms with Crippen molar-refractivity contribution in [3.8, 4) is 0 Å². The molecule has 1 aromatic carbocycles. The van der Waals surface area contributed by atoms with E-state index in [1.165, 1.54) is 25.7 Å². The first-order chi connectivity index (χ1) is 9.35. The maximum Gasteiger partial charge on any atom is 0.337 e. The third kappa shape index (κ3) is 5.11. The van der Waals surface area contributed by atoms with Gasteiger partial charge in [-0.3, -0.25) is 0 Å². The third-order valence-corrected chi connectivity index (χ3v) is 3.51. The van der Waals surface area contributed by atoms with Gasteiger partial charge in [0.25, 0.3) is 0 Å². The number of nitrogens with one attached hydrogen (secondary N) is 1. The van der Waals surface area contributed by atoms with Crippen molar-refractivity contribution < 1.29 is 9.90 Å². The minimum atomic E-state index is -0.992. The maximum absolute atomic E-state index is 10.9. The SMILES string of the molecule is CCCCCC(C)(C)CNc1ccc(C(=O)O)c(N)c1. The van der Waals surface area contributed by atoms with Gasteiger partial charge in [-0.05, 0) is 30.0 Å². The highest BCUT2D eigenvalue weighted by Gasteiger charge is 2.17. The predicted octanol–water partition coefficient (Wildman–Crippen LogP) is 3.99. The smallest absolute Gasteiger partial charge is 0.337 e. The molecule has 0 unspecified atom stereocenters. The topological polar surface area (TPSA) is 75.3 Å². The van der Waals surface area contributed by atoms with Crippen LogP contribution in [0.1, 0.15) is 56.8 Å². The maximum atomic E-state index is 10.9. The summed E-state index contributed by atoms with van der Waals surface area (Å²) in [6, 6.07) is 5.00.